The summed E-state index contributed by atoms with van der Waals surface area (Å²) >= 11 is 3.06. The van der Waals surface area contributed by atoms with E-state index in [-0.39, 0.29) is 5.82 Å². The van der Waals surface area contributed by atoms with Gasteiger partial charge in [0.2, 0.25) is 4.73 Å². The van der Waals surface area contributed by atoms with Crippen LogP contribution in [0.4, 0.5) is 4.39 Å². The van der Waals surface area contributed by atoms with Gasteiger partial charge in [-0.2, -0.15) is 4.98 Å². The maximum atomic E-state index is 12.9. The van der Waals surface area contributed by atoms with Crippen molar-refractivity contribution >= 4 is 15.9 Å². The number of aryl methyl sites for hydroxylation is 1. The Balaban J connectivity index is 2.55. The van der Waals surface area contributed by atoms with Crippen molar-refractivity contribution in [1.29, 1.82) is 0 Å². The van der Waals surface area contributed by atoms with Crippen LogP contribution >= 0.6 is 15.9 Å². The third kappa shape index (κ3) is 1.68. The van der Waals surface area contributed by atoms with Crippen LogP contribution in [0.15, 0.2) is 27.5 Å². The van der Waals surface area contributed by atoms with Crippen molar-refractivity contribution in [3.05, 3.63) is 34.3 Å². The highest BCUT2D eigenvalue weighted by Gasteiger charge is 2.10. The Morgan fingerprint density at radius 1 is 1.43 bits per heavy atom. The zero-order valence-electron chi connectivity index (χ0n) is 7.29. The Morgan fingerprint density at radius 2 is 2.21 bits per heavy atom. The number of rotatable bonds is 1. The second-order valence-electron chi connectivity index (χ2n) is 2.83. The molecule has 0 amide bonds. The van der Waals surface area contributed by atoms with E-state index in [2.05, 4.69) is 26.1 Å². The molecule has 1 aromatic carbocycles. The number of hydrogen-bond donors (Lipinski definition) is 0. The van der Waals surface area contributed by atoms with Crippen LogP contribution in [-0.2, 0) is 0 Å². The minimum Gasteiger partial charge on any atom is -0.333 e. The Labute approximate surface area is 88.1 Å². The van der Waals surface area contributed by atoms with Crippen LogP contribution in [0, 0.1) is 12.7 Å². The summed E-state index contributed by atoms with van der Waals surface area (Å²) in [5.74, 6) is -0.00574. The lowest BCUT2D eigenvalue weighted by Crippen LogP contribution is -1.85. The molecule has 1 heterocycles. The smallest absolute Gasteiger partial charge is 0.259 e. The molecular formula is C9H6BrFN2O. The van der Waals surface area contributed by atoms with Crippen molar-refractivity contribution in [2.75, 3.05) is 0 Å². The van der Waals surface area contributed by atoms with E-state index in [1.807, 2.05) is 6.92 Å². The topological polar surface area (TPSA) is 38.9 Å². The number of halogens is 2. The molecule has 0 unspecified atom stereocenters. The molecule has 0 aliphatic heterocycles. The summed E-state index contributed by atoms with van der Waals surface area (Å²) in [7, 11) is 0. The fourth-order valence-electron chi connectivity index (χ4n) is 1.14. The third-order valence-corrected chi connectivity index (χ3v) is 2.15. The van der Waals surface area contributed by atoms with Crippen LogP contribution in [0.5, 0.6) is 0 Å². The first-order valence-corrected chi connectivity index (χ1v) is 4.72. The lowest BCUT2D eigenvalue weighted by Gasteiger charge is -1.99. The highest BCUT2D eigenvalue weighted by Crippen LogP contribution is 2.23. The zero-order valence-corrected chi connectivity index (χ0v) is 8.88. The average Bonchev–Trinajstić information content (AvgIpc) is 2.56. The van der Waals surface area contributed by atoms with Gasteiger partial charge in [0.15, 0.2) is 0 Å². The Morgan fingerprint density at radius 3 is 2.86 bits per heavy atom. The standard InChI is InChI=1S/C9H6BrFN2O/c1-5-2-3-6(11)4-7(5)8-12-9(10)13-14-8/h2-4H,1H3. The second kappa shape index (κ2) is 3.49. The summed E-state index contributed by atoms with van der Waals surface area (Å²) < 4.78 is 18.2. The number of nitrogens with zero attached hydrogens (tertiary/aromatic N) is 2. The maximum absolute atomic E-state index is 12.9. The molecule has 1 aromatic heterocycles. The molecule has 0 radical (unpaired) electrons. The van der Waals surface area contributed by atoms with Gasteiger partial charge in [-0.3, -0.25) is 0 Å². The fraction of sp³-hybridized carbons (Fsp3) is 0.111. The van der Waals surface area contributed by atoms with Crippen LogP contribution in [0.1, 0.15) is 5.56 Å². The highest BCUT2D eigenvalue weighted by atomic mass is 79.9. The quantitative estimate of drug-likeness (QED) is 0.788. The van der Waals surface area contributed by atoms with Crippen molar-refractivity contribution < 1.29 is 8.91 Å². The Bertz CT molecular complexity index is 470. The van der Waals surface area contributed by atoms with Gasteiger partial charge in [0.05, 0.1) is 0 Å². The molecular weight excluding hydrogens is 251 g/mol. The van der Waals surface area contributed by atoms with Gasteiger partial charge >= 0.3 is 0 Å². The first kappa shape index (κ1) is 9.33. The summed E-state index contributed by atoms with van der Waals surface area (Å²) in [6.07, 6.45) is 0. The fourth-order valence-corrected chi connectivity index (χ4v) is 1.37. The molecule has 0 saturated carbocycles. The summed E-state index contributed by atoms with van der Waals surface area (Å²) in [4.78, 5) is 3.96. The van der Waals surface area contributed by atoms with Gasteiger partial charge in [0.25, 0.3) is 5.89 Å². The van der Waals surface area contributed by atoms with Gasteiger partial charge in [0.1, 0.15) is 5.82 Å². The van der Waals surface area contributed by atoms with E-state index in [9.17, 15) is 4.39 Å². The van der Waals surface area contributed by atoms with E-state index in [0.29, 0.717) is 16.2 Å². The molecule has 0 aliphatic carbocycles. The number of benzene rings is 1. The molecule has 3 nitrogen and oxygen atoms in total. The third-order valence-electron chi connectivity index (χ3n) is 1.83. The van der Waals surface area contributed by atoms with Crippen LogP contribution in [0.25, 0.3) is 11.5 Å². The molecule has 0 bridgehead atoms. The minimum atomic E-state index is -0.320. The van der Waals surface area contributed by atoms with Crippen LogP contribution in [0.2, 0.25) is 0 Å². The van der Waals surface area contributed by atoms with E-state index in [0.717, 1.165) is 5.56 Å². The average molecular weight is 257 g/mol. The van der Waals surface area contributed by atoms with Crippen LogP contribution in [-0.4, -0.2) is 10.1 Å². The Kier molecular flexibility index (Phi) is 2.33. The Hall–Kier alpha value is -1.23. The molecule has 14 heavy (non-hydrogen) atoms. The summed E-state index contributed by atoms with van der Waals surface area (Å²) in [5.41, 5.74) is 1.51. The molecule has 0 N–H and O–H groups in total. The van der Waals surface area contributed by atoms with Gasteiger partial charge in [-0.1, -0.05) is 6.07 Å². The normalized spacial score (nSPS) is 10.5. The summed E-state index contributed by atoms with van der Waals surface area (Å²) in [6, 6.07) is 4.43. The van der Waals surface area contributed by atoms with E-state index in [1.165, 1.54) is 12.1 Å². The van der Waals surface area contributed by atoms with Crippen molar-refractivity contribution in [3.8, 4) is 11.5 Å². The van der Waals surface area contributed by atoms with Gasteiger partial charge in [0, 0.05) is 5.56 Å². The summed E-state index contributed by atoms with van der Waals surface area (Å²) in [6.45, 7) is 1.85. The van der Waals surface area contributed by atoms with Gasteiger partial charge in [-0.05, 0) is 45.7 Å². The van der Waals surface area contributed by atoms with E-state index in [4.69, 9.17) is 4.52 Å². The molecule has 0 saturated heterocycles. The number of aromatic nitrogens is 2. The van der Waals surface area contributed by atoms with Crippen molar-refractivity contribution in [2.24, 2.45) is 0 Å². The predicted octanol–water partition coefficient (Wildman–Crippen LogP) is 2.95. The zero-order chi connectivity index (χ0) is 10.1. The van der Waals surface area contributed by atoms with Crippen molar-refractivity contribution in [1.82, 2.24) is 10.1 Å². The first-order chi connectivity index (χ1) is 6.66. The lowest BCUT2D eigenvalue weighted by atomic mass is 10.1. The van der Waals surface area contributed by atoms with Gasteiger partial charge < -0.3 is 4.52 Å². The molecule has 0 fully saturated rings. The monoisotopic (exact) mass is 256 g/mol. The summed E-state index contributed by atoms with van der Waals surface area (Å²) in [5, 5.41) is 3.57. The number of hydrogen-bond acceptors (Lipinski definition) is 3. The SMILES string of the molecule is Cc1ccc(F)cc1-c1nc(Br)no1. The molecule has 0 spiro atoms. The molecule has 0 atom stereocenters. The van der Waals surface area contributed by atoms with Crippen LogP contribution < -0.4 is 0 Å². The van der Waals surface area contributed by atoms with E-state index >= 15 is 0 Å². The molecule has 5 heteroatoms. The second-order valence-corrected chi connectivity index (χ2v) is 3.54. The predicted molar refractivity (Wildman–Crippen MR) is 52.1 cm³/mol. The molecule has 2 rings (SSSR count). The minimum absolute atomic E-state index is 0.314. The molecule has 72 valence electrons. The van der Waals surface area contributed by atoms with Crippen molar-refractivity contribution in [3.63, 3.8) is 0 Å². The maximum Gasteiger partial charge on any atom is 0.259 e. The first-order valence-electron chi connectivity index (χ1n) is 3.92. The highest BCUT2D eigenvalue weighted by molar-refractivity contribution is 9.10. The van der Waals surface area contributed by atoms with Gasteiger partial charge in [-0.15, -0.1) is 0 Å². The molecule has 2 aromatic rings. The van der Waals surface area contributed by atoms with E-state index < -0.39 is 0 Å². The van der Waals surface area contributed by atoms with Crippen LogP contribution in [0.3, 0.4) is 0 Å². The van der Waals surface area contributed by atoms with Crippen molar-refractivity contribution in [2.45, 2.75) is 6.92 Å². The molecule has 0 aliphatic rings. The lowest BCUT2D eigenvalue weighted by molar-refractivity contribution is 0.426. The largest absolute Gasteiger partial charge is 0.333 e. The van der Waals surface area contributed by atoms with E-state index in [1.54, 1.807) is 6.07 Å². The van der Waals surface area contributed by atoms with Gasteiger partial charge in [-0.25, -0.2) is 4.39 Å².